The molecule has 0 unspecified atom stereocenters. The number of hydrogen-bond acceptors (Lipinski definition) is 2. The van der Waals surface area contributed by atoms with Crippen LogP contribution in [0.3, 0.4) is 0 Å². The van der Waals surface area contributed by atoms with Crippen LogP contribution in [0.1, 0.15) is 11.6 Å². The van der Waals surface area contributed by atoms with Crippen LogP contribution in [0.5, 0.6) is 5.75 Å². The molecule has 0 heterocycles. The number of halogens is 2. The predicted molar refractivity (Wildman–Crippen MR) is 52.9 cm³/mol. The summed E-state index contributed by atoms with van der Waals surface area (Å²) < 4.78 is 13.2. The second-order valence-corrected chi connectivity index (χ2v) is 3.44. The molecule has 2 nitrogen and oxygen atoms in total. The molecule has 70 valence electrons. The van der Waals surface area contributed by atoms with Crippen LogP contribution >= 0.6 is 15.9 Å². The molecule has 0 aliphatic rings. The van der Waals surface area contributed by atoms with Crippen LogP contribution in [0.2, 0.25) is 0 Å². The minimum atomic E-state index is -0.563. The van der Waals surface area contributed by atoms with E-state index in [1.807, 2.05) is 0 Å². The fourth-order valence-corrected chi connectivity index (χ4v) is 1.41. The number of phenolic OH excluding ortho intramolecular Hbond substituents is 1. The third-order valence-corrected chi connectivity index (χ3v) is 2.28. The Morgan fingerprint density at radius 1 is 1.62 bits per heavy atom. The Bertz CT molecular complexity index is 341. The van der Waals surface area contributed by atoms with Crippen molar-refractivity contribution in [3.63, 3.8) is 0 Å². The molecule has 0 bridgehead atoms. The van der Waals surface area contributed by atoms with E-state index < -0.39 is 11.9 Å². The van der Waals surface area contributed by atoms with Crippen LogP contribution in [0.4, 0.5) is 4.39 Å². The summed E-state index contributed by atoms with van der Waals surface area (Å²) in [6.45, 7) is 3.46. The monoisotopic (exact) mass is 245 g/mol. The first-order valence-corrected chi connectivity index (χ1v) is 4.41. The third-order valence-electron chi connectivity index (χ3n) is 1.67. The average molecular weight is 246 g/mol. The second kappa shape index (κ2) is 3.89. The van der Waals surface area contributed by atoms with E-state index in [1.54, 1.807) is 0 Å². The highest BCUT2D eigenvalue weighted by Crippen LogP contribution is 2.32. The van der Waals surface area contributed by atoms with Crippen molar-refractivity contribution in [1.29, 1.82) is 0 Å². The first-order valence-electron chi connectivity index (χ1n) is 3.62. The number of aromatic hydroxyl groups is 1. The van der Waals surface area contributed by atoms with Crippen LogP contribution in [0, 0.1) is 5.82 Å². The van der Waals surface area contributed by atoms with Gasteiger partial charge in [0.05, 0.1) is 10.5 Å². The van der Waals surface area contributed by atoms with Gasteiger partial charge in [0.25, 0.3) is 0 Å². The standard InChI is InChI=1S/C9H9BrFNO/c1-2-8(12)6-3-5(11)4-7(10)9(6)13/h2-4,8,13H,1,12H2/t8-/m0/s1. The van der Waals surface area contributed by atoms with E-state index >= 15 is 0 Å². The molecule has 1 aromatic rings. The summed E-state index contributed by atoms with van der Waals surface area (Å²) in [4.78, 5) is 0. The molecule has 0 fully saturated rings. The predicted octanol–water partition coefficient (Wildman–Crippen LogP) is 2.48. The fourth-order valence-electron chi connectivity index (χ4n) is 0.967. The molecule has 0 saturated heterocycles. The molecular formula is C9H9BrFNO. The number of hydrogen-bond donors (Lipinski definition) is 2. The summed E-state index contributed by atoms with van der Waals surface area (Å²) in [7, 11) is 0. The van der Waals surface area contributed by atoms with Crippen molar-refractivity contribution < 1.29 is 9.50 Å². The zero-order chi connectivity index (χ0) is 10.0. The molecule has 0 aliphatic carbocycles. The zero-order valence-electron chi connectivity index (χ0n) is 6.80. The number of nitrogens with two attached hydrogens (primary N) is 1. The van der Waals surface area contributed by atoms with Gasteiger partial charge in [0.2, 0.25) is 0 Å². The lowest BCUT2D eigenvalue weighted by Crippen LogP contribution is -2.07. The summed E-state index contributed by atoms with van der Waals surface area (Å²) in [6.07, 6.45) is 1.43. The van der Waals surface area contributed by atoms with Gasteiger partial charge in [-0.2, -0.15) is 0 Å². The summed E-state index contributed by atoms with van der Waals surface area (Å²) in [5, 5.41) is 9.48. The maximum absolute atomic E-state index is 12.9. The molecule has 0 spiro atoms. The van der Waals surface area contributed by atoms with Crippen molar-refractivity contribution >= 4 is 15.9 Å². The van der Waals surface area contributed by atoms with Crippen LogP contribution in [-0.2, 0) is 0 Å². The molecule has 0 saturated carbocycles. The van der Waals surface area contributed by atoms with Gasteiger partial charge < -0.3 is 10.8 Å². The van der Waals surface area contributed by atoms with Crippen molar-refractivity contribution in [1.82, 2.24) is 0 Å². The van der Waals surface area contributed by atoms with Crippen LogP contribution < -0.4 is 5.73 Å². The highest BCUT2D eigenvalue weighted by molar-refractivity contribution is 9.10. The second-order valence-electron chi connectivity index (χ2n) is 2.59. The van der Waals surface area contributed by atoms with Gasteiger partial charge >= 0.3 is 0 Å². The van der Waals surface area contributed by atoms with E-state index in [-0.39, 0.29) is 5.75 Å². The van der Waals surface area contributed by atoms with Crippen molar-refractivity contribution in [3.05, 3.63) is 40.6 Å². The van der Waals surface area contributed by atoms with Crippen LogP contribution in [-0.4, -0.2) is 5.11 Å². The Kier molecular flexibility index (Phi) is 3.06. The maximum atomic E-state index is 12.9. The van der Waals surface area contributed by atoms with Crippen LogP contribution in [0.15, 0.2) is 29.3 Å². The quantitative estimate of drug-likeness (QED) is 0.787. The third kappa shape index (κ3) is 2.08. The first-order chi connectivity index (χ1) is 6.06. The zero-order valence-corrected chi connectivity index (χ0v) is 8.38. The SMILES string of the molecule is C=C[C@H](N)c1cc(F)cc(Br)c1O. The van der Waals surface area contributed by atoms with Crippen molar-refractivity contribution in [2.45, 2.75) is 6.04 Å². The van der Waals surface area contributed by atoms with Gasteiger partial charge in [-0.25, -0.2) is 4.39 Å². The minimum absolute atomic E-state index is 0.0474. The summed E-state index contributed by atoms with van der Waals surface area (Å²) in [5.74, 6) is -0.495. The Morgan fingerprint density at radius 3 is 2.77 bits per heavy atom. The van der Waals surface area contributed by atoms with E-state index in [4.69, 9.17) is 5.73 Å². The summed E-state index contributed by atoms with van der Waals surface area (Å²) in [6, 6.07) is 1.80. The highest BCUT2D eigenvalue weighted by Gasteiger charge is 2.12. The molecule has 1 atom stereocenters. The molecule has 3 N–H and O–H groups in total. The normalized spacial score (nSPS) is 12.5. The van der Waals surface area contributed by atoms with Crippen LogP contribution in [0.25, 0.3) is 0 Å². The Labute approximate surface area is 84.0 Å². The molecule has 1 rings (SSSR count). The van der Waals surface area contributed by atoms with E-state index in [1.165, 1.54) is 18.2 Å². The Balaban J connectivity index is 3.27. The highest BCUT2D eigenvalue weighted by atomic mass is 79.9. The van der Waals surface area contributed by atoms with Gasteiger partial charge in [0.15, 0.2) is 0 Å². The average Bonchev–Trinajstić information content (AvgIpc) is 2.10. The lowest BCUT2D eigenvalue weighted by molar-refractivity contribution is 0.459. The Hall–Kier alpha value is -0.870. The van der Waals surface area contributed by atoms with E-state index in [9.17, 15) is 9.50 Å². The van der Waals surface area contributed by atoms with Crippen molar-refractivity contribution in [2.75, 3.05) is 0 Å². The number of benzene rings is 1. The summed E-state index contributed by atoms with van der Waals surface area (Å²) >= 11 is 3.01. The lowest BCUT2D eigenvalue weighted by Gasteiger charge is -2.10. The van der Waals surface area contributed by atoms with Crippen molar-refractivity contribution in [3.8, 4) is 5.75 Å². The summed E-state index contributed by atoms with van der Waals surface area (Å²) in [5.41, 5.74) is 5.89. The fraction of sp³-hybridized carbons (Fsp3) is 0.111. The molecule has 0 aromatic heterocycles. The minimum Gasteiger partial charge on any atom is -0.506 e. The van der Waals surface area contributed by atoms with Gasteiger partial charge in [-0.1, -0.05) is 6.08 Å². The van der Waals surface area contributed by atoms with Gasteiger partial charge in [-0.3, -0.25) is 0 Å². The topological polar surface area (TPSA) is 46.2 Å². The number of rotatable bonds is 2. The molecule has 0 aliphatic heterocycles. The van der Waals surface area contributed by atoms with Gasteiger partial charge in [0.1, 0.15) is 11.6 Å². The molecule has 0 amide bonds. The van der Waals surface area contributed by atoms with E-state index in [0.717, 1.165) is 0 Å². The smallest absolute Gasteiger partial charge is 0.135 e. The lowest BCUT2D eigenvalue weighted by atomic mass is 10.1. The van der Waals surface area contributed by atoms with E-state index in [2.05, 4.69) is 22.5 Å². The van der Waals surface area contributed by atoms with Gasteiger partial charge in [0, 0.05) is 5.56 Å². The van der Waals surface area contributed by atoms with Crippen molar-refractivity contribution in [2.24, 2.45) is 5.73 Å². The molecule has 4 heteroatoms. The molecular weight excluding hydrogens is 237 g/mol. The molecule has 1 aromatic carbocycles. The largest absolute Gasteiger partial charge is 0.506 e. The maximum Gasteiger partial charge on any atom is 0.135 e. The molecule has 0 radical (unpaired) electrons. The van der Waals surface area contributed by atoms with Gasteiger partial charge in [-0.15, -0.1) is 6.58 Å². The Morgan fingerprint density at radius 2 is 2.23 bits per heavy atom. The van der Waals surface area contributed by atoms with Gasteiger partial charge in [-0.05, 0) is 28.1 Å². The number of phenols is 1. The molecule has 13 heavy (non-hydrogen) atoms. The first kappa shape index (κ1) is 10.2. The van der Waals surface area contributed by atoms with E-state index in [0.29, 0.717) is 10.0 Å².